The Bertz CT molecular complexity index is 506. The molecule has 2 N–H and O–H groups in total. The quantitative estimate of drug-likeness (QED) is 0.707. The van der Waals surface area contributed by atoms with Gasteiger partial charge in [-0.25, -0.2) is 13.2 Å². The van der Waals surface area contributed by atoms with Gasteiger partial charge in [-0.15, -0.1) is 0 Å². The number of sulfone groups is 1. The first kappa shape index (κ1) is 17.1. The van der Waals surface area contributed by atoms with E-state index in [9.17, 15) is 18.0 Å². The lowest BCUT2D eigenvalue weighted by Gasteiger charge is -2.20. The maximum Gasteiger partial charge on any atom is 0.315 e. The maximum atomic E-state index is 11.8. The normalized spacial score (nSPS) is 24.8. The van der Waals surface area contributed by atoms with Crippen LogP contribution in [0.3, 0.4) is 0 Å². The van der Waals surface area contributed by atoms with E-state index in [1.165, 1.54) is 0 Å². The van der Waals surface area contributed by atoms with Gasteiger partial charge in [-0.05, 0) is 25.7 Å². The number of amides is 3. The molecule has 2 saturated heterocycles. The summed E-state index contributed by atoms with van der Waals surface area (Å²) in [6.45, 7) is 1.96. The Morgan fingerprint density at radius 3 is 2.82 bits per heavy atom. The summed E-state index contributed by atoms with van der Waals surface area (Å²) < 4.78 is 22.6. The van der Waals surface area contributed by atoms with Crippen LogP contribution >= 0.6 is 0 Å². The van der Waals surface area contributed by atoms with Crippen molar-refractivity contribution < 1.29 is 18.0 Å². The fraction of sp³-hybridized carbons (Fsp3) is 0.857. The van der Waals surface area contributed by atoms with E-state index in [-0.39, 0.29) is 29.5 Å². The summed E-state index contributed by atoms with van der Waals surface area (Å²) >= 11 is 0. The number of nitrogens with one attached hydrogen (secondary N) is 2. The van der Waals surface area contributed by atoms with E-state index in [2.05, 4.69) is 10.6 Å². The van der Waals surface area contributed by atoms with Gasteiger partial charge in [0.05, 0.1) is 11.5 Å². The summed E-state index contributed by atoms with van der Waals surface area (Å²) in [6, 6.07) is -0.610. The van der Waals surface area contributed by atoms with Crippen LogP contribution in [-0.4, -0.2) is 62.4 Å². The van der Waals surface area contributed by atoms with Crippen molar-refractivity contribution in [1.82, 2.24) is 15.5 Å². The molecule has 0 aliphatic carbocycles. The molecule has 0 radical (unpaired) electrons. The summed E-state index contributed by atoms with van der Waals surface area (Å²) in [5, 5.41) is 5.41. The number of carbonyl (C=O) groups excluding carboxylic acids is 2. The predicted octanol–water partition coefficient (Wildman–Crippen LogP) is 0.265. The van der Waals surface area contributed by atoms with Gasteiger partial charge in [-0.3, -0.25) is 4.79 Å². The summed E-state index contributed by atoms with van der Waals surface area (Å²) in [4.78, 5) is 25.4. The molecule has 8 heteroatoms. The zero-order valence-corrected chi connectivity index (χ0v) is 13.7. The topological polar surface area (TPSA) is 95.6 Å². The van der Waals surface area contributed by atoms with Crippen LogP contribution in [0, 0.1) is 0 Å². The average molecular weight is 331 g/mol. The van der Waals surface area contributed by atoms with E-state index in [1.54, 1.807) is 0 Å². The summed E-state index contributed by atoms with van der Waals surface area (Å²) in [5.41, 5.74) is 0. The van der Waals surface area contributed by atoms with Gasteiger partial charge in [0.1, 0.15) is 0 Å². The highest BCUT2D eigenvalue weighted by molar-refractivity contribution is 7.91. The molecule has 2 aliphatic heterocycles. The monoisotopic (exact) mass is 331 g/mol. The zero-order valence-electron chi connectivity index (χ0n) is 12.8. The highest BCUT2D eigenvalue weighted by atomic mass is 32.2. The molecule has 2 fully saturated rings. The Kier molecular flexibility index (Phi) is 6.05. The third-order valence-electron chi connectivity index (χ3n) is 4.13. The van der Waals surface area contributed by atoms with Crippen LogP contribution in [-0.2, 0) is 14.6 Å². The largest absolute Gasteiger partial charge is 0.343 e. The molecule has 22 heavy (non-hydrogen) atoms. The second-order valence-electron chi connectivity index (χ2n) is 6.05. The molecule has 0 aromatic carbocycles. The Balaban J connectivity index is 1.60. The molecule has 0 spiro atoms. The number of carbonyl (C=O) groups is 2. The minimum absolute atomic E-state index is 0.0305. The van der Waals surface area contributed by atoms with Crippen LogP contribution in [0.1, 0.15) is 38.5 Å². The molecule has 2 aliphatic rings. The Hall–Kier alpha value is -1.31. The summed E-state index contributed by atoms with van der Waals surface area (Å²) in [5.74, 6) is 0.385. The standard InChI is InChI=1S/C14H25N3O4S/c18-13-5-2-1-3-8-17(13)9-4-7-15-14(19)16-12-6-10-22(20,21)11-12/h12H,1-11H2,(H2,15,16,19). The van der Waals surface area contributed by atoms with Gasteiger partial charge in [-0.2, -0.15) is 0 Å². The van der Waals surface area contributed by atoms with E-state index in [0.29, 0.717) is 32.4 Å². The highest BCUT2D eigenvalue weighted by Crippen LogP contribution is 2.12. The molecule has 2 heterocycles. The molecule has 0 saturated carbocycles. The molecule has 126 valence electrons. The molecular weight excluding hydrogens is 306 g/mol. The minimum Gasteiger partial charge on any atom is -0.343 e. The van der Waals surface area contributed by atoms with Gasteiger partial charge in [0.15, 0.2) is 9.84 Å². The van der Waals surface area contributed by atoms with Crippen LogP contribution in [0.2, 0.25) is 0 Å². The lowest BCUT2D eigenvalue weighted by molar-refractivity contribution is -0.130. The van der Waals surface area contributed by atoms with Gasteiger partial charge in [0, 0.05) is 32.1 Å². The van der Waals surface area contributed by atoms with Crippen molar-refractivity contribution >= 4 is 21.8 Å². The number of nitrogens with zero attached hydrogens (tertiary/aromatic N) is 1. The lowest BCUT2D eigenvalue weighted by Crippen LogP contribution is -2.43. The smallest absolute Gasteiger partial charge is 0.315 e. The number of hydrogen-bond acceptors (Lipinski definition) is 4. The molecular formula is C14H25N3O4S. The van der Waals surface area contributed by atoms with Crippen molar-refractivity contribution in [3.63, 3.8) is 0 Å². The Morgan fingerprint density at radius 2 is 2.09 bits per heavy atom. The average Bonchev–Trinajstić information content (AvgIpc) is 2.66. The summed E-state index contributed by atoms with van der Waals surface area (Å²) in [6.07, 6.45) is 4.95. The van der Waals surface area contributed by atoms with Crippen molar-refractivity contribution in [3.05, 3.63) is 0 Å². The first-order valence-corrected chi connectivity index (χ1v) is 9.81. The first-order valence-electron chi connectivity index (χ1n) is 7.99. The van der Waals surface area contributed by atoms with E-state index >= 15 is 0 Å². The molecule has 7 nitrogen and oxygen atoms in total. The Labute approximate surface area is 131 Å². The molecule has 0 aromatic heterocycles. The molecule has 0 aromatic rings. The van der Waals surface area contributed by atoms with Gasteiger partial charge in [0.2, 0.25) is 5.91 Å². The number of rotatable bonds is 5. The van der Waals surface area contributed by atoms with Crippen molar-refractivity contribution in [1.29, 1.82) is 0 Å². The fourth-order valence-electron chi connectivity index (χ4n) is 2.89. The van der Waals surface area contributed by atoms with Crippen LogP contribution in [0.5, 0.6) is 0 Å². The molecule has 3 amide bonds. The SMILES string of the molecule is O=C(NCCCN1CCCCCC1=O)NC1CCS(=O)(=O)C1. The maximum absolute atomic E-state index is 11.8. The van der Waals surface area contributed by atoms with Crippen molar-refractivity contribution in [2.45, 2.75) is 44.6 Å². The van der Waals surface area contributed by atoms with Crippen molar-refractivity contribution in [2.75, 3.05) is 31.1 Å². The lowest BCUT2D eigenvalue weighted by atomic mass is 10.2. The zero-order chi connectivity index (χ0) is 16.0. The third-order valence-corrected chi connectivity index (χ3v) is 5.90. The number of likely N-dealkylation sites (tertiary alicyclic amines) is 1. The first-order chi connectivity index (χ1) is 10.5. The molecule has 1 atom stereocenters. The molecule has 1 unspecified atom stereocenters. The predicted molar refractivity (Wildman–Crippen MR) is 83.3 cm³/mol. The van der Waals surface area contributed by atoms with Gasteiger partial charge in [-0.1, -0.05) is 6.42 Å². The van der Waals surface area contributed by atoms with E-state index in [0.717, 1.165) is 25.8 Å². The summed E-state index contributed by atoms with van der Waals surface area (Å²) in [7, 11) is -2.98. The minimum atomic E-state index is -2.98. The van der Waals surface area contributed by atoms with Crippen LogP contribution < -0.4 is 10.6 Å². The van der Waals surface area contributed by atoms with Gasteiger partial charge >= 0.3 is 6.03 Å². The number of hydrogen-bond donors (Lipinski definition) is 2. The molecule has 2 rings (SSSR count). The highest BCUT2D eigenvalue weighted by Gasteiger charge is 2.28. The van der Waals surface area contributed by atoms with Crippen LogP contribution in [0.15, 0.2) is 0 Å². The van der Waals surface area contributed by atoms with E-state index in [4.69, 9.17) is 0 Å². The molecule has 0 bridgehead atoms. The number of urea groups is 1. The van der Waals surface area contributed by atoms with Gasteiger partial charge < -0.3 is 15.5 Å². The van der Waals surface area contributed by atoms with Crippen molar-refractivity contribution in [2.24, 2.45) is 0 Å². The second-order valence-corrected chi connectivity index (χ2v) is 8.27. The van der Waals surface area contributed by atoms with Crippen LogP contribution in [0.25, 0.3) is 0 Å². The fourth-order valence-corrected chi connectivity index (χ4v) is 4.57. The third kappa shape index (κ3) is 5.47. The van der Waals surface area contributed by atoms with E-state index in [1.807, 2.05) is 4.90 Å². The Morgan fingerprint density at radius 1 is 1.27 bits per heavy atom. The van der Waals surface area contributed by atoms with Gasteiger partial charge in [0.25, 0.3) is 0 Å². The van der Waals surface area contributed by atoms with Crippen LogP contribution in [0.4, 0.5) is 4.79 Å². The second kappa shape index (κ2) is 7.80. The van der Waals surface area contributed by atoms with Crippen molar-refractivity contribution in [3.8, 4) is 0 Å². The van der Waals surface area contributed by atoms with E-state index < -0.39 is 9.84 Å².